The number of aliphatic imine (C=N–C) groups is 1. The Kier molecular flexibility index (Phi) is 13.1. The Morgan fingerprint density at radius 2 is 1.60 bits per heavy atom. The average Bonchev–Trinajstić information content (AvgIpc) is 2.26. The molecule has 0 saturated carbocycles. The predicted octanol–water partition coefficient (Wildman–Crippen LogP) is 5.13. The van der Waals surface area contributed by atoms with Gasteiger partial charge in [-0.2, -0.15) is 0 Å². The van der Waals surface area contributed by atoms with Crippen molar-refractivity contribution in [3.05, 3.63) is 12.3 Å². The quantitative estimate of drug-likeness (QED) is 0.285. The number of isothiocyanates is 1. The molecule has 0 aromatic carbocycles. The van der Waals surface area contributed by atoms with Crippen LogP contribution in [0.2, 0.25) is 0 Å². The van der Waals surface area contributed by atoms with Crippen molar-refractivity contribution in [2.75, 3.05) is 0 Å². The number of thiocarbonyl (C=S) groups is 1. The molecule has 0 radical (unpaired) electrons. The van der Waals surface area contributed by atoms with Gasteiger partial charge in [0, 0.05) is 6.20 Å². The van der Waals surface area contributed by atoms with Crippen LogP contribution < -0.4 is 0 Å². The highest BCUT2D eigenvalue weighted by Crippen LogP contribution is 2.09. The van der Waals surface area contributed by atoms with Gasteiger partial charge in [-0.1, -0.05) is 57.9 Å². The van der Waals surface area contributed by atoms with Crippen LogP contribution in [-0.2, 0) is 0 Å². The molecule has 1 nitrogen and oxygen atoms in total. The molecule has 0 atom stereocenters. The zero-order chi connectivity index (χ0) is 11.2. The van der Waals surface area contributed by atoms with E-state index in [4.69, 9.17) is 0 Å². The lowest BCUT2D eigenvalue weighted by molar-refractivity contribution is 0.577. The summed E-state index contributed by atoms with van der Waals surface area (Å²) < 4.78 is 0. The Hall–Kier alpha value is -0.460. The van der Waals surface area contributed by atoms with Gasteiger partial charge in [0.2, 0.25) is 0 Å². The molecule has 15 heavy (non-hydrogen) atoms. The fourth-order valence-corrected chi connectivity index (χ4v) is 1.61. The number of rotatable bonds is 10. The van der Waals surface area contributed by atoms with E-state index in [1.165, 1.54) is 51.4 Å². The molecular weight excluding hydrogens is 202 g/mol. The van der Waals surface area contributed by atoms with E-state index in [2.05, 4.69) is 35.4 Å². The maximum atomic E-state index is 4.45. The van der Waals surface area contributed by atoms with Crippen molar-refractivity contribution < 1.29 is 0 Å². The zero-order valence-corrected chi connectivity index (χ0v) is 10.7. The van der Waals surface area contributed by atoms with Crippen LogP contribution in [0.1, 0.15) is 64.7 Å². The van der Waals surface area contributed by atoms with Crippen molar-refractivity contribution >= 4 is 17.4 Å². The Labute approximate surface area is 99.7 Å². The van der Waals surface area contributed by atoms with Gasteiger partial charge >= 0.3 is 0 Å². The van der Waals surface area contributed by atoms with E-state index in [1.54, 1.807) is 6.20 Å². The topological polar surface area (TPSA) is 12.4 Å². The summed E-state index contributed by atoms with van der Waals surface area (Å²) >= 11 is 4.45. The number of hydrogen-bond donors (Lipinski definition) is 0. The molecule has 0 aliphatic carbocycles. The summed E-state index contributed by atoms with van der Waals surface area (Å²) in [6.45, 7) is 2.26. The minimum absolute atomic E-state index is 1.12. The highest BCUT2D eigenvalue weighted by atomic mass is 32.1. The molecule has 0 amide bonds. The van der Waals surface area contributed by atoms with Crippen molar-refractivity contribution in [3.8, 4) is 0 Å². The van der Waals surface area contributed by atoms with Crippen LogP contribution >= 0.6 is 12.2 Å². The molecule has 0 saturated heterocycles. The maximum Gasteiger partial charge on any atom is 0.0634 e. The summed E-state index contributed by atoms with van der Waals surface area (Å²) in [7, 11) is 0. The molecule has 0 fully saturated rings. The summed E-state index contributed by atoms with van der Waals surface area (Å²) in [4.78, 5) is 3.72. The van der Waals surface area contributed by atoms with Gasteiger partial charge in [0.25, 0.3) is 0 Å². The molecule has 0 spiro atoms. The van der Waals surface area contributed by atoms with Gasteiger partial charge in [0.1, 0.15) is 0 Å². The van der Waals surface area contributed by atoms with Gasteiger partial charge in [-0.25, -0.2) is 4.99 Å². The lowest BCUT2D eigenvalue weighted by Gasteiger charge is -1.99. The summed E-state index contributed by atoms with van der Waals surface area (Å²) in [5, 5.41) is 2.32. The molecule has 86 valence electrons. The SMILES string of the molecule is CCCCCCCCCCC=CN=C=S. The molecule has 0 unspecified atom stereocenters. The van der Waals surface area contributed by atoms with Gasteiger partial charge < -0.3 is 0 Å². The van der Waals surface area contributed by atoms with Gasteiger partial charge in [0.05, 0.1) is 5.16 Å². The van der Waals surface area contributed by atoms with E-state index >= 15 is 0 Å². The third kappa shape index (κ3) is 13.5. The largest absolute Gasteiger partial charge is 0.203 e. The lowest BCUT2D eigenvalue weighted by atomic mass is 10.1. The Balaban J connectivity index is 3.01. The summed E-state index contributed by atoms with van der Waals surface area (Å²) in [5.41, 5.74) is 0. The number of hydrogen-bond acceptors (Lipinski definition) is 2. The van der Waals surface area contributed by atoms with Crippen molar-refractivity contribution in [3.63, 3.8) is 0 Å². The van der Waals surface area contributed by atoms with Gasteiger partial charge in [-0.15, -0.1) is 0 Å². The molecule has 0 rings (SSSR count). The van der Waals surface area contributed by atoms with Crippen LogP contribution in [0.3, 0.4) is 0 Å². The van der Waals surface area contributed by atoms with E-state index in [1.807, 2.05) is 0 Å². The van der Waals surface area contributed by atoms with Crippen LogP contribution in [-0.4, -0.2) is 5.16 Å². The smallest absolute Gasteiger partial charge is 0.0634 e. The molecule has 2 heteroatoms. The second-order valence-corrected chi connectivity index (χ2v) is 4.05. The number of allylic oxidation sites excluding steroid dienone is 1. The van der Waals surface area contributed by atoms with Crippen LogP contribution in [0, 0.1) is 0 Å². The van der Waals surface area contributed by atoms with Crippen LogP contribution in [0.5, 0.6) is 0 Å². The molecular formula is C13H23NS. The highest BCUT2D eigenvalue weighted by molar-refractivity contribution is 7.78. The standard InChI is InChI=1S/C13H23NS/c1-2-3-4-5-6-7-8-9-10-11-12-14-13-15/h11-12H,2-10H2,1H3. The second-order valence-electron chi connectivity index (χ2n) is 3.87. The van der Waals surface area contributed by atoms with Crippen molar-refractivity contribution in [1.82, 2.24) is 0 Å². The highest BCUT2D eigenvalue weighted by Gasteiger charge is 1.89. The maximum absolute atomic E-state index is 4.45. The zero-order valence-electron chi connectivity index (χ0n) is 9.87. The van der Waals surface area contributed by atoms with Crippen LogP contribution in [0.15, 0.2) is 17.3 Å². The van der Waals surface area contributed by atoms with Crippen molar-refractivity contribution in [2.24, 2.45) is 4.99 Å². The van der Waals surface area contributed by atoms with Crippen LogP contribution in [0.4, 0.5) is 0 Å². The van der Waals surface area contributed by atoms with E-state index in [9.17, 15) is 0 Å². The fourth-order valence-electron chi connectivity index (χ4n) is 1.55. The molecule has 0 aliphatic heterocycles. The monoisotopic (exact) mass is 225 g/mol. The molecule has 0 aliphatic rings. The van der Waals surface area contributed by atoms with E-state index in [-0.39, 0.29) is 0 Å². The average molecular weight is 225 g/mol. The minimum atomic E-state index is 1.12. The number of nitrogens with zero attached hydrogens (tertiary/aromatic N) is 1. The Morgan fingerprint density at radius 3 is 2.20 bits per heavy atom. The normalized spacial score (nSPS) is 10.5. The first-order chi connectivity index (χ1) is 7.41. The molecule has 0 bridgehead atoms. The van der Waals surface area contributed by atoms with Gasteiger partial charge in [-0.05, 0) is 25.1 Å². The third-order valence-electron chi connectivity index (χ3n) is 2.46. The molecule has 0 aromatic rings. The van der Waals surface area contributed by atoms with Gasteiger partial charge in [-0.3, -0.25) is 0 Å². The van der Waals surface area contributed by atoms with Crippen molar-refractivity contribution in [2.45, 2.75) is 64.7 Å². The Bertz CT molecular complexity index is 193. The summed E-state index contributed by atoms with van der Waals surface area (Å²) in [6.07, 6.45) is 15.9. The first kappa shape index (κ1) is 14.5. The van der Waals surface area contributed by atoms with Crippen LogP contribution in [0.25, 0.3) is 0 Å². The second kappa shape index (κ2) is 13.5. The first-order valence-electron chi connectivity index (χ1n) is 6.13. The predicted molar refractivity (Wildman–Crippen MR) is 71.4 cm³/mol. The summed E-state index contributed by atoms with van der Waals surface area (Å²) in [5.74, 6) is 0. The van der Waals surface area contributed by atoms with E-state index < -0.39 is 0 Å². The van der Waals surface area contributed by atoms with E-state index in [0.29, 0.717) is 0 Å². The fraction of sp³-hybridized carbons (Fsp3) is 0.769. The van der Waals surface area contributed by atoms with E-state index in [0.717, 1.165) is 6.42 Å². The third-order valence-corrected chi connectivity index (χ3v) is 2.56. The Morgan fingerprint density at radius 1 is 1.00 bits per heavy atom. The molecule has 0 aromatic heterocycles. The minimum Gasteiger partial charge on any atom is -0.203 e. The first-order valence-corrected chi connectivity index (χ1v) is 6.54. The van der Waals surface area contributed by atoms with Gasteiger partial charge in [0.15, 0.2) is 0 Å². The molecule has 0 heterocycles. The summed E-state index contributed by atoms with van der Waals surface area (Å²) in [6, 6.07) is 0. The lowest BCUT2D eigenvalue weighted by Crippen LogP contribution is -1.79. The molecule has 0 N–H and O–H groups in total. The van der Waals surface area contributed by atoms with Crippen molar-refractivity contribution in [1.29, 1.82) is 0 Å². The number of unbranched alkanes of at least 4 members (excludes halogenated alkanes) is 8.